The van der Waals surface area contributed by atoms with Crippen molar-refractivity contribution >= 4 is 41.4 Å². The van der Waals surface area contributed by atoms with Gasteiger partial charge in [-0.25, -0.2) is 4.79 Å². The molecule has 0 saturated heterocycles. The molecule has 0 saturated carbocycles. The molecule has 4 atom stereocenters. The largest absolute Gasteiger partial charge is 0.480 e. The van der Waals surface area contributed by atoms with Gasteiger partial charge in [0.15, 0.2) is 5.96 Å². The maximum Gasteiger partial charge on any atom is 0.326 e. The number of nitrogens with one attached hydrogen (secondary N) is 3. The molecule has 4 unspecified atom stereocenters. The predicted molar refractivity (Wildman–Crippen MR) is 139 cm³/mol. The minimum Gasteiger partial charge on any atom is -0.480 e. The van der Waals surface area contributed by atoms with E-state index in [-0.39, 0.29) is 37.2 Å². The van der Waals surface area contributed by atoms with Crippen LogP contribution in [0.4, 0.5) is 0 Å². The van der Waals surface area contributed by atoms with Crippen LogP contribution in [0.2, 0.25) is 0 Å². The molecule has 202 valence electrons. The van der Waals surface area contributed by atoms with Gasteiger partial charge in [0, 0.05) is 6.54 Å². The van der Waals surface area contributed by atoms with Gasteiger partial charge in [-0.05, 0) is 49.5 Å². The van der Waals surface area contributed by atoms with Crippen LogP contribution in [0, 0.1) is 11.8 Å². The second-order valence-electron chi connectivity index (χ2n) is 9.16. The molecule has 0 radical (unpaired) electrons. The van der Waals surface area contributed by atoms with Gasteiger partial charge in [-0.15, -0.1) is 0 Å². The first-order valence-corrected chi connectivity index (χ1v) is 13.1. The Morgan fingerprint density at radius 2 is 1.51 bits per heavy atom. The fraction of sp³-hybridized carbons (Fsp3) is 0.773. The SMILES string of the molecule is CSCCC(NC(=O)C(NC(=O)C(CCCN=C(N)N)NC(=O)C(N)CC(C)C)C(C)C)C(=O)O. The Bertz CT molecular complexity index is 729. The summed E-state index contributed by atoms with van der Waals surface area (Å²) in [5.74, 6) is -2.49. The first-order chi connectivity index (χ1) is 16.3. The summed E-state index contributed by atoms with van der Waals surface area (Å²) in [7, 11) is 0. The highest BCUT2D eigenvalue weighted by molar-refractivity contribution is 7.98. The number of carbonyl (C=O) groups is 4. The van der Waals surface area contributed by atoms with Crippen LogP contribution >= 0.6 is 11.8 Å². The Hall–Kier alpha value is -2.54. The van der Waals surface area contributed by atoms with Crippen LogP contribution in [0.3, 0.4) is 0 Å². The van der Waals surface area contributed by atoms with Crippen molar-refractivity contribution in [2.45, 2.75) is 77.5 Å². The number of guanidine groups is 1. The Balaban J connectivity index is 5.49. The molecule has 35 heavy (non-hydrogen) atoms. The highest BCUT2D eigenvalue weighted by Crippen LogP contribution is 2.09. The van der Waals surface area contributed by atoms with Crippen molar-refractivity contribution in [1.29, 1.82) is 0 Å². The first kappa shape index (κ1) is 32.5. The molecular weight excluding hydrogens is 474 g/mol. The number of carboxylic acids is 1. The normalized spacial score (nSPS) is 14.5. The van der Waals surface area contributed by atoms with Crippen molar-refractivity contribution in [3.8, 4) is 0 Å². The zero-order valence-electron chi connectivity index (χ0n) is 21.4. The van der Waals surface area contributed by atoms with E-state index >= 15 is 0 Å². The number of rotatable bonds is 17. The second kappa shape index (κ2) is 17.0. The zero-order chi connectivity index (χ0) is 27.1. The van der Waals surface area contributed by atoms with E-state index in [0.717, 1.165) is 0 Å². The third kappa shape index (κ3) is 13.8. The lowest BCUT2D eigenvalue weighted by molar-refractivity contribution is -0.142. The molecule has 10 N–H and O–H groups in total. The molecular formula is C22H43N7O5S. The van der Waals surface area contributed by atoms with E-state index in [1.807, 2.05) is 20.1 Å². The molecule has 0 aromatic carbocycles. The van der Waals surface area contributed by atoms with Crippen LogP contribution < -0.4 is 33.2 Å². The molecule has 0 rings (SSSR count). The average Bonchev–Trinajstić information content (AvgIpc) is 2.75. The van der Waals surface area contributed by atoms with E-state index < -0.39 is 47.9 Å². The van der Waals surface area contributed by atoms with Gasteiger partial charge in [-0.3, -0.25) is 19.4 Å². The molecule has 0 aliphatic carbocycles. The van der Waals surface area contributed by atoms with Crippen LogP contribution in [0.25, 0.3) is 0 Å². The monoisotopic (exact) mass is 517 g/mol. The average molecular weight is 518 g/mol. The van der Waals surface area contributed by atoms with E-state index in [2.05, 4.69) is 20.9 Å². The van der Waals surface area contributed by atoms with Gasteiger partial charge in [0.25, 0.3) is 0 Å². The molecule has 3 amide bonds. The lowest BCUT2D eigenvalue weighted by Gasteiger charge is -2.27. The summed E-state index contributed by atoms with van der Waals surface area (Å²) in [5, 5.41) is 17.2. The van der Waals surface area contributed by atoms with E-state index in [0.29, 0.717) is 18.6 Å². The standard InChI is InChI=1S/C22H43N7O5S/c1-12(2)11-14(23)18(30)27-15(7-6-9-26-22(24)25)19(31)29-17(13(3)4)20(32)28-16(21(33)34)8-10-35-5/h12-17H,6-11,23H2,1-5H3,(H,27,30)(H,28,32)(H,29,31)(H,33,34)(H4,24,25,26). The topological polar surface area (TPSA) is 215 Å². The number of hydrogen-bond acceptors (Lipinski definition) is 7. The molecule has 0 spiro atoms. The Morgan fingerprint density at radius 1 is 0.914 bits per heavy atom. The third-order valence-corrected chi connectivity index (χ3v) is 5.76. The van der Waals surface area contributed by atoms with Gasteiger partial charge >= 0.3 is 5.97 Å². The summed E-state index contributed by atoms with van der Waals surface area (Å²) in [5.41, 5.74) is 16.6. The summed E-state index contributed by atoms with van der Waals surface area (Å²) in [6.07, 6.45) is 3.13. The molecule has 0 bridgehead atoms. The van der Waals surface area contributed by atoms with Crippen molar-refractivity contribution in [3.63, 3.8) is 0 Å². The summed E-state index contributed by atoms with van der Waals surface area (Å²) >= 11 is 1.47. The van der Waals surface area contributed by atoms with Crippen LogP contribution in [-0.2, 0) is 19.2 Å². The van der Waals surface area contributed by atoms with Crippen LogP contribution in [0.5, 0.6) is 0 Å². The Labute approximate surface area is 212 Å². The highest BCUT2D eigenvalue weighted by Gasteiger charge is 2.31. The van der Waals surface area contributed by atoms with Gasteiger partial charge in [-0.1, -0.05) is 27.7 Å². The molecule has 0 heterocycles. The summed E-state index contributed by atoms with van der Waals surface area (Å²) < 4.78 is 0. The number of carboxylic acid groups (broad SMARTS) is 1. The molecule has 0 aromatic heterocycles. The fourth-order valence-electron chi connectivity index (χ4n) is 3.21. The lowest BCUT2D eigenvalue weighted by Crippen LogP contribution is -2.58. The number of thioether (sulfide) groups is 1. The maximum absolute atomic E-state index is 13.1. The molecule has 0 aliphatic heterocycles. The van der Waals surface area contributed by atoms with Crippen molar-refractivity contribution in [2.24, 2.45) is 34.0 Å². The number of hydrogen-bond donors (Lipinski definition) is 7. The smallest absolute Gasteiger partial charge is 0.326 e. The van der Waals surface area contributed by atoms with Crippen LogP contribution in [0.1, 0.15) is 53.4 Å². The van der Waals surface area contributed by atoms with E-state index in [4.69, 9.17) is 17.2 Å². The number of aliphatic carboxylic acids is 1. The minimum absolute atomic E-state index is 0.0833. The molecule has 13 heteroatoms. The maximum atomic E-state index is 13.1. The van der Waals surface area contributed by atoms with E-state index in [1.54, 1.807) is 13.8 Å². The number of amides is 3. The zero-order valence-corrected chi connectivity index (χ0v) is 22.2. The van der Waals surface area contributed by atoms with E-state index in [1.165, 1.54) is 11.8 Å². The van der Waals surface area contributed by atoms with Gasteiger partial charge in [-0.2, -0.15) is 11.8 Å². The molecule has 0 fully saturated rings. The van der Waals surface area contributed by atoms with Gasteiger partial charge in [0.2, 0.25) is 17.7 Å². The Morgan fingerprint density at radius 3 is 2.00 bits per heavy atom. The van der Waals surface area contributed by atoms with Crippen LogP contribution in [0.15, 0.2) is 4.99 Å². The first-order valence-electron chi connectivity index (χ1n) is 11.7. The minimum atomic E-state index is -1.15. The van der Waals surface area contributed by atoms with Gasteiger partial charge in [0.05, 0.1) is 6.04 Å². The number of nitrogens with zero attached hydrogens (tertiary/aromatic N) is 1. The van der Waals surface area contributed by atoms with Crippen LogP contribution in [-0.4, -0.2) is 77.5 Å². The van der Waals surface area contributed by atoms with Gasteiger partial charge < -0.3 is 38.3 Å². The second-order valence-corrected chi connectivity index (χ2v) is 10.1. The van der Waals surface area contributed by atoms with Crippen molar-refractivity contribution in [3.05, 3.63) is 0 Å². The number of carbonyl (C=O) groups excluding carboxylic acids is 3. The fourth-order valence-corrected chi connectivity index (χ4v) is 3.68. The van der Waals surface area contributed by atoms with Crippen molar-refractivity contribution in [1.82, 2.24) is 16.0 Å². The number of nitrogens with two attached hydrogens (primary N) is 3. The quantitative estimate of drug-likeness (QED) is 0.0740. The van der Waals surface area contributed by atoms with Crippen molar-refractivity contribution in [2.75, 3.05) is 18.6 Å². The lowest BCUT2D eigenvalue weighted by atomic mass is 10.0. The predicted octanol–water partition coefficient (Wildman–Crippen LogP) is -0.638. The molecule has 0 aliphatic rings. The molecule has 12 nitrogen and oxygen atoms in total. The molecule has 0 aromatic rings. The number of aliphatic imine (C=N–C) groups is 1. The summed E-state index contributed by atoms with van der Waals surface area (Å²) in [6.45, 7) is 7.58. The highest BCUT2D eigenvalue weighted by atomic mass is 32.2. The van der Waals surface area contributed by atoms with Gasteiger partial charge in [0.1, 0.15) is 18.1 Å². The van der Waals surface area contributed by atoms with Crippen molar-refractivity contribution < 1.29 is 24.3 Å². The Kier molecular flexibility index (Phi) is 15.7. The summed E-state index contributed by atoms with van der Waals surface area (Å²) in [6, 6.07) is -3.84. The summed E-state index contributed by atoms with van der Waals surface area (Å²) in [4.78, 5) is 54.0. The third-order valence-electron chi connectivity index (χ3n) is 5.11. The van der Waals surface area contributed by atoms with E-state index in [9.17, 15) is 24.3 Å².